The number of nitrogens with one attached hydrogen (secondary N) is 2. The maximum Gasteiger partial charge on any atom is 0.305 e. The molecule has 6 N–H and O–H groups in total. The molecule has 0 aromatic heterocycles. The lowest BCUT2D eigenvalue weighted by Gasteiger charge is -2.18. The third-order valence-corrected chi connectivity index (χ3v) is 4.19. The minimum absolute atomic E-state index is 0.00808. The van der Waals surface area contributed by atoms with Crippen molar-refractivity contribution in [1.82, 2.24) is 10.6 Å². The highest BCUT2D eigenvalue weighted by Gasteiger charge is 2.20. The zero-order chi connectivity index (χ0) is 21.5. The standard InChI is InChI=1S/C20H31N5O4/c1-29-17(26)12-6-3-7-13-23-19(28)16(11-8-14-24-20(21)22)25-18(27)15-9-4-2-5-10-15/h2,4-5,9-10,16H,3,6-8,11-14H2,1H3,(H,23,28)(H,25,27)(H4,21,22,24)/t16-/m0/s1. The number of rotatable bonds is 13. The normalized spacial score (nSPS) is 11.2. The van der Waals surface area contributed by atoms with Crippen LogP contribution in [0.25, 0.3) is 0 Å². The van der Waals surface area contributed by atoms with Gasteiger partial charge < -0.3 is 26.8 Å². The fourth-order valence-corrected chi connectivity index (χ4v) is 2.61. The summed E-state index contributed by atoms with van der Waals surface area (Å²) in [5.74, 6) is -0.817. The zero-order valence-corrected chi connectivity index (χ0v) is 16.9. The highest BCUT2D eigenvalue weighted by atomic mass is 16.5. The summed E-state index contributed by atoms with van der Waals surface area (Å²) >= 11 is 0. The Kier molecular flexibility index (Phi) is 11.5. The van der Waals surface area contributed by atoms with Crippen molar-refractivity contribution in [1.29, 1.82) is 0 Å². The summed E-state index contributed by atoms with van der Waals surface area (Å²) in [4.78, 5) is 39.9. The van der Waals surface area contributed by atoms with Crippen LogP contribution in [0.2, 0.25) is 0 Å². The molecule has 0 spiro atoms. The summed E-state index contributed by atoms with van der Waals surface area (Å²) in [6.07, 6.45) is 3.55. The molecule has 0 saturated carbocycles. The number of aliphatic imine (C=N–C) groups is 1. The zero-order valence-electron chi connectivity index (χ0n) is 16.9. The molecule has 0 fully saturated rings. The van der Waals surface area contributed by atoms with Crippen molar-refractivity contribution in [3.8, 4) is 0 Å². The number of ether oxygens (including phenoxy) is 1. The Morgan fingerprint density at radius 1 is 1.07 bits per heavy atom. The number of benzene rings is 1. The number of methoxy groups -OCH3 is 1. The van der Waals surface area contributed by atoms with Gasteiger partial charge in [0.2, 0.25) is 5.91 Å². The first-order valence-corrected chi connectivity index (χ1v) is 9.70. The number of carbonyl (C=O) groups excluding carboxylic acids is 3. The van der Waals surface area contributed by atoms with Gasteiger partial charge >= 0.3 is 5.97 Å². The van der Waals surface area contributed by atoms with Crippen LogP contribution in [-0.2, 0) is 14.3 Å². The van der Waals surface area contributed by atoms with E-state index in [0.717, 1.165) is 12.8 Å². The number of nitrogens with two attached hydrogens (primary N) is 2. The van der Waals surface area contributed by atoms with Gasteiger partial charge in [-0.2, -0.15) is 0 Å². The Morgan fingerprint density at radius 2 is 1.79 bits per heavy atom. The quantitative estimate of drug-likeness (QED) is 0.164. The maximum atomic E-state index is 12.5. The lowest BCUT2D eigenvalue weighted by atomic mass is 10.1. The Balaban J connectivity index is 2.50. The summed E-state index contributed by atoms with van der Waals surface area (Å²) < 4.78 is 4.59. The predicted octanol–water partition coefficient (Wildman–Crippen LogP) is 0.688. The Labute approximate surface area is 171 Å². The molecule has 0 radical (unpaired) electrons. The van der Waals surface area contributed by atoms with Crippen LogP contribution in [-0.4, -0.2) is 50.0 Å². The molecule has 2 amide bonds. The Morgan fingerprint density at radius 3 is 2.45 bits per heavy atom. The van der Waals surface area contributed by atoms with E-state index in [9.17, 15) is 14.4 Å². The number of esters is 1. The first kappa shape index (κ1) is 23.9. The minimum atomic E-state index is -0.688. The molecule has 1 rings (SSSR count). The van der Waals surface area contributed by atoms with E-state index in [-0.39, 0.29) is 23.7 Å². The Bertz CT molecular complexity index is 675. The SMILES string of the molecule is COC(=O)CCCCCNC(=O)[C@H](CCCN=C(N)N)NC(=O)c1ccccc1. The van der Waals surface area contributed by atoms with Crippen LogP contribution >= 0.6 is 0 Å². The van der Waals surface area contributed by atoms with Crippen LogP contribution < -0.4 is 22.1 Å². The second-order valence-corrected chi connectivity index (χ2v) is 6.52. The average Bonchev–Trinajstić information content (AvgIpc) is 2.72. The first-order chi connectivity index (χ1) is 13.9. The molecule has 0 aliphatic rings. The Hall–Kier alpha value is -3.10. The highest BCUT2D eigenvalue weighted by molar-refractivity contribution is 5.97. The van der Waals surface area contributed by atoms with Gasteiger partial charge in [-0.25, -0.2) is 0 Å². The topological polar surface area (TPSA) is 149 Å². The molecule has 1 atom stereocenters. The monoisotopic (exact) mass is 405 g/mol. The van der Waals surface area contributed by atoms with Gasteiger partial charge in [-0.3, -0.25) is 19.4 Å². The minimum Gasteiger partial charge on any atom is -0.469 e. The molecule has 0 aliphatic carbocycles. The molecule has 0 saturated heterocycles. The summed E-state index contributed by atoms with van der Waals surface area (Å²) in [5.41, 5.74) is 11.1. The van der Waals surface area contributed by atoms with E-state index in [2.05, 4.69) is 20.4 Å². The van der Waals surface area contributed by atoms with Gasteiger partial charge in [0.15, 0.2) is 5.96 Å². The van der Waals surface area contributed by atoms with Crippen molar-refractivity contribution in [2.45, 2.75) is 44.6 Å². The number of guanidine groups is 1. The van der Waals surface area contributed by atoms with Crippen molar-refractivity contribution >= 4 is 23.7 Å². The molecule has 1 aromatic carbocycles. The largest absolute Gasteiger partial charge is 0.469 e. The molecule has 9 nitrogen and oxygen atoms in total. The van der Waals surface area contributed by atoms with E-state index in [1.807, 2.05) is 6.07 Å². The van der Waals surface area contributed by atoms with Crippen LogP contribution in [0.1, 0.15) is 48.9 Å². The van der Waals surface area contributed by atoms with Gasteiger partial charge in [-0.1, -0.05) is 24.6 Å². The molecule has 29 heavy (non-hydrogen) atoms. The second-order valence-electron chi connectivity index (χ2n) is 6.52. The molecule has 1 aromatic rings. The van der Waals surface area contributed by atoms with E-state index in [0.29, 0.717) is 44.3 Å². The fraction of sp³-hybridized carbons (Fsp3) is 0.500. The van der Waals surface area contributed by atoms with Gasteiger partial charge in [0.25, 0.3) is 5.91 Å². The second kappa shape index (κ2) is 14.0. The van der Waals surface area contributed by atoms with Crippen LogP contribution in [0, 0.1) is 0 Å². The fourth-order valence-electron chi connectivity index (χ4n) is 2.61. The number of carbonyl (C=O) groups is 3. The van der Waals surface area contributed by atoms with E-state index in [1.165, 1.54) is 7.11 Å². The molecule has 9 heteroatoms. The predicted molar refractivity (Wildman–Crippen MR) is 111 cm³/mol. The average molecular weight is 405 g/mol. The molecular formula is C20H31N5O4. The number of amides is 2. The molecule has 0 bridgehead atoms. The van der Waals surface area contributed by atoms with Crippen LogP contribution in [0.4, 0.5) is 0 Å². The number of unbranched alkanes of at least 4 members (excludes halogenated alkanes) is 2. The van der Waals surface area contributed by atoms with Gasteiger partial charge in [0.05, 0.1) is 7.11 Å². The van der Waals surface area contributed by atoms with E-state index in [1.54, 1.807) is 24.3 Å². The van der Waals surface area contributed by atoms with Gasteiger partial charge in [0.1, 0.15) is 6.04 Å². The number of hydrogen-bond donors (Lipinski definition) is 4. The molecular weight excluding hydrogens is 374 g/mol. The van der Waals surface area contributed by atoms with Crippen molar-refractivity contribution < 1.29 is 19.1 Å². The van der Waals surface area contributed by atoms with Crippen LogP contribution in [0.15, 0.2) is 35.3 Å². The van der Waals surface area contributed by atoms with Crippen molar-refractivity contribution in [3.63, 3.8) is 0 Å². The van der Waals surface area contributed by atoms with Gasteiger partial charge in [-0.05, 0) is 37.8 Å². The number of hydrogen-bond acceptors (Lipinski definition) is 5. The molecule has 0 heterocycles. The van der Waals surface area contributed by atoms with E-state index < -0.39 is 6.04 Å². The van der Waals surface area contributed by atoms with E-state index >= 15 is 0 Å². The number of nitrogens with zero attached hydrogens (tertiary/aromatic N) is 1. The third kappa shape index (κ3) is 10.7. The van der Waals surface area contributed by atoms with Crippen molar-refractivity contribution in [2.24, 2.45) is 16.5 Å². The highest BCUT2D eigenvalue weighted by Crippen LogP contribution is 2.04. The van der Waals surface area contributed by atoms with Crippen molar-refractivity contribution in [2.75, 3.05) is 20.2 Å². The summed E-state index contributed by atoms with van der Waals surface area (Å²) in [7, 11) is 1.36. The molecule has 0 aliphatic heterocycles. The van der Waals surface area contributed by atoms with Gasteiger partial charge in [-0.15, -0.1) is 0 Å². The molecule has 0 unspecified atom stereocenters. The van der Waals surface area contributed by atoms with E-state index in [4.69, 9.17) is 11.5 Å². The lowest BCUT2D eigenvalue weighted by Crippen LogP contribution is -2.47. The summed E-state index contributed by atoms with van der Waals surface area (Å²) in [6.45, 7) is 0.840. The summed E-state index contributed by atoms with van der Waals surface area (Å²) in [5, 5.41) is 5.61. The first-order valence-electron chi connectivity index (χ1n) is 9.70. The maximum absolute atomic E-state index is 12.5. The van der Waals surface area contributed by atoms with Crippen LogP contribution in [0.3, 0.4) is 0 Å². The lowest BCUT2D eigenvalue weighted by molar-refractivity contribution is -0.140. The smallest absolute Gasteiger partial charge is 0.305 e. The third-order valence-electron chi connectivity index (χ3n) is 4.19. The summed E-state index contributed by atoms with van der Waals surface area (Å²) in [6, 6.07) is 8.02. The van der Waals surface area contributed by atoms with Gasteiger partial charge in [0, 0.05) is 25.1 Å². The van der Waals surface area contributed by atoms with Crippen LogP contribution in [0.5, 0.6) is 0 Å². The van der Waals surface area contributed by atoms with Crippen molar-refractivity contribution in [3.05, 3.63) is 35.9 Å². The molecule has 160 valence electrons.